The van der Waals surface area contributed by atoms with Crippen LogP contribution in [0, 0.1) is 0 Å². The molecule has 0 aromatic heterocycles. The molecule has 0 saturated heterocycles. The van der Waals surface area contributed by atoms with Gasteiger partial charge >= 0.3 is 11.9 Å². The number of carboxylic acids is 2. The second-order valence-electron chi connectivity index (χ2n) is 4.55. The van der Waals surface area contributed by atoms with Crippen LogP contribution in [0.5, 0.6) is 0 Å². The Hall–Kier alpha value is -2.41. The molecule has 0 aliphatic rings. The number of unbranched alkanes of at least 4 members (excludes halogenated alkanes) is 1. The van der Waals surface area contributed by atoms with E-state index >= 15 is 0 Å². The van der Waals surface area contributed by atoms with Gasteiger partial charge in [-0.3, -0.25) is 9.59 Å². The molecule has 7 heteroatoms. The number of carboxylic acid groups (broad SMARTS) is 2. The maximum Gasteiger partial charge on any atom is 0.336 e. The lowest BCUT2D eigenvalue weighted by Gasteiger charge is -2.08. The van der Waals surface area contributed by atoms with Gasteiger partial charge in [-0.15, -0.1) is 0 Å². The molecule has 1 amide bonds. The quantitative estimate of drug-likeness (QED) is 0.522. The van der Waals surface area contributed by atoms with Crippen LogP contribution >= 0.6 is 0 Å². The summed E-state index contributed by atoms with van der Waals surface area (Å²) in [5.41, 5.74) is 5.40. The van der Waals surface area contributed by atoms with Crippen molar-refractivity contribution in [2.75, 3.05) is 6.54 Å². The van der Waals surface area contributed by atoms with Gasteiger partial charge in [-0.05, 0) is 31.4 Å². The van der Waals surface area contributed by atoms with Crippen LogP contribution in [0.1, 0.15) is 40.0 Å². The van der Waals surface area contributed by atoms with Crippen LogP contribution in [0.3, 0.4) is 0 Å². The van der Waals surface area contributed by atoms with Crippen molar-refractivity contribution in [3.8, 4) is 0 Å². The molecule has 1 atom stereocenters. The van der Waals surface area contributed by atoms with Crippen LogP contribution in [-0.4, -0.2) is 40.6 Å². The van der Waals surface area contributed by atoms with Crippen molar-refractivity contribution in [2.45, 2.75) is 25.3 Å². The summed E-state index contributed by atoms with van der Waals surface area (Å²) < 4.78 is 0. The van der Waals surface area contributed by atoms with E-state index in [1.807, 2.05) is 0 Å². The summed E-state index contributed by atoms with van der Waals surface area (Å²) in [5, 5.41) is 20.2. The van der Waals surface area contributed by atoms with E-state index < -0.39 is 23.9 Å². The Morgan fingerprint density at radius 2 is 1.71 bits per heavy atom. The second-order valence-corrected chi connectivity index (χ2v) is 4.55. The molecule has 0 spiro atoms. The number of aromatic carboxylic acids is 1. The number of carbonyl (C=O) groups is 3. The van der Waals surface area contributed by atoms with Gasteiger partial charge in [-0.25, -0.2) is 4.79 Å². The van der Waals surface area contributed by atoms with Crippen LogP contribution in [0.25, 0.3) is 0 Å². The van der Waals surface area contributed by atoms with Crippen LogP contribution in [0.2, 0.25) is 0 Å². The molecule has 0 fully saturated rings. The van der Waals surface area contributed by atoms with Crippen molar-refractivity contribution in [1.29, 1.82) is 0 Å². The average molecular weight is 294 g/mol. The first-order valence-electron chi connectivity index (χ1n) is 6.52. The molecule has 0 unspecified atom stereocenters. The van der Waals surface area contributed by atoms with Crippen LogP contribution in [0.15, 0.2) is 24.3 Å². The summed E-state index contributed by atoms with van der Waals surface area (Å²) in [5.74, 6) is -2.67. The average Bonchev–Trinajstić information content (AvgIpc) is 2.46. The molecule has 1 aromatic rings. The number of hydrogen-bond donors (Lipinski definition) is 4. The fourth-order valence-corrected chi connectivity index (χ4v) is 1.78. The Labute approximate surface area is 121 Å². The Morgan fingerprint density at radius 3 is 2.29 bits per heavy atom. The third kappa shape index (κ3) is 5.23. The minimum Gasteiger partial charge on any atom is -0.480 e. The van der Waals surface area contributed by atoms with Gasteiger partial charge < -0.3 is 21.3 Å². The topological polar surface area (TPSA) is 130 Å². The van der Waals surface area contributed by atoms with Gasteiger partial charge in [-0.1, -0.05) is 12.1 Å². The highest BCUT2D eigenvalue weighted by molar-refractivity contribution is 6.04. The number of amides is 1. The summed E-state index contributed by atoms with van der Waals surface area (Å²) in [6.45, 7) is 0.332. The highest BCUT2D eigenvalue weighted by Crippen LogP contribution is 2.08. The first kappa shape index (κ1) is 16.6. The van der Waals surface area contributed by atoms with Crippen molar-refractivity contribution >= 4 is 17.8 Å². The highest BCUT2D eigenvalue weighted by atomic mass is 16.4. The van der Waals surface area contributed by atoms with Gasteiger partial charge in [0.25, 0.3) is 5.91 Å². The Kier molecular flexibility index (Phi) is 6.35. The van der Waals surface area contributed by atoms with Crippen LogP contribution < -0.4 is 11.1 Å². The molecule has 0 bridgehead atoms. The lowest BCUT2D eigenvalue weighted by molar-refractivity contribution is -0.138. The molecule has 7 nitrogen and oxygen atoms in total. The van der Waals surface area contributed by atoms with Crippen LogP contribution in [-0.2, 0) is 4.79 Å². The van der Waals surface area contributed by atoms with Gasteiger partial charge in [0.05, 0.1) is 11.1 Å². The minimum absolute atomic E-state index is 0.0529. The van der Waals surface area contributed by atoms with Gasteiger partial charge in [-0.2, -0.15) is 0 Å². The minimum atomic E-state index is -1.16. The van der Waals surface area contributed by atoms with Crippen molar-refractivity contribution in [1.82, 2.24) is 5.32 Å². The smallest absolute Gasteiger partial charge is 0.336 e. The van der Waals surface area contributed by atoms with Crippen molar-refractivity contribution in [2.24, 2.45) is 5.73 Å². The third-order valence-corrected chi connectivity index (χ3v) is 2.95. The molecule has 0 aliphatic heterocycles. The molecule has 0 saturated carbocycles. The SMILES string of the molecule is N[C@@H](CCCCNC(=O)c1ccccc1C(=O)O)C(=O)O. The Morgan fingerprint density at radius 1 is 1.10 bits per heavy atom. The number of benzene rings is 1. The van der Waals surface area contributed by atoms with Crippen molar-refractivity contribution < 1.29 is 24.6 Å². The number of nitrogens with two attached hydrogens (primary N) is 1. The molecular weight excluding hydrogens is 276 g/mol. The van der Waals surface area contributed by atoms with Gasteiger partial charge in [0, 0.05) is 6.54 Å². The molecule has 0 radical (unpaired) electrons. The molecular formula is C14H18N2O5. The maximum atomic E-state index is 11.9. The zero-order valence-corrected chi connectivity index (χ0v) is 11.4. The fraction of sp³-hybridized carbons (Fsp3) is 0.357. The number of nitrogens with one attached hydrogen (secondary N) is 1. The molecule has 1 aromatic carbocycles. The predicted molar refractivity (Wildman–Crippen MR) is 75.2 cm³/mol. The number of rotatable bonds is 8. The third-order valence-electron chi connectivity index (χ3n) is 2.95. The highest BCUT2D eigenvalue weighted by Gasteiger charge is 2.15. The lowest BCUT2D eigenvalue weighted by Crippen LogP contribution is -2.30. The van der Waals surface area contributed by atoms with E-state index in [-0.39, 0.29) is 11.1 Å². The summed E-state index contributed by atoms with van der Waals surface area (Å²) in [4.78, 5) is 33.4. The van der Waals surface area contributed by atoms with E-state index in [9.17, 15) is 14.4 Å². The Bertz CT molecular complexity index is 530. The number of carbonyl (C=O) groups excluding carboxylic acids is 1. The summed E-state index contributed by atoms with van der Waals surface area (Å²) >= 11 is 0. The van der Waals surface area contributed by atoms with E-state index in [1.165, 1.54) is 12.1 Å². The maximum absolute atomic E-state index is 11.9. The van der Waals surface area contributed by atoms with E-state index in [0.717, 1.165) is 0 Å². The molecule has 114 valence electrons. The van der Waals surface area contributed by atoms with Crippen LogP contribution in [0.4, 0.5) is 0 Å². The second kappa shape index (κ2) is 8.01. The van der Waals surface area contributed by atoms with Gasteiger partial charge in [0.1, 0.15) is 6.04 Å². The van der Waals surface area contributed by atoms with E-state index in [1.54, 1.807) is 12.1 Å². The molecule has 21 heavy (non-hydrogen) atoms. The van der Waals surface area contributed by atoms with Crippen molar-refractivity contribution in [3.05, 3.63) is 35.4 Å². The van der Waals surface area contributed by atoms with E-state index in [0.29, 0.717) is 25.8 Å². The monoisotopic (exact) mass is 294 g/mol. The van der Waals surface area contributed by atoms with Gasteiger partial charge in [0.15, 0.2) is 0 Å². The first-order chi connectivity index (χ1) is 9.93. The standard InChI is InChI=1S/C14H18N2O5/c15-11(14(20)21)7-3-4-8-16-12(17)9-5-1-2-6-10(9)13(18)19/h1-2,5-6,11H,3-4,7-8,15H2,(H,16,17)(H,18,19)(H,20,21)/t11-/m0/s1. The summed E-state index contributed by atoms with van der Waals surface area (Å²) in [6.07, 6.45) is 1.47. The number of aliphatic carboxylic acids is 1. The van der Waals surface area contributed by atoms with E-state index in [4.69, 9.17) is 15.9 Å². The lowest BCUT2D eigenvalue weighted by atomic mass is 10.1. The van der Waals surface area contributed by atoms with E-state index in [2.05, 4.69) is 5.32 Å². The van der Waals surface area contributed by atoms with Crippen molar-refractivity contribution in [3.63, 3.8) is 0 Å². The molecule has 5 N–H and O–H groups in total. The molecule has 0 aliphatic carbocycles. The zero-order chi connectivity index (χ0) is 15.8. The largest absolute Gasteiger partial charge is 0.480 e. The summed E-state index contributed by atoms with van der Waals surface area (Å²) in [7, 11) is 0. The molecule has 0 heterocycles. The summed E-state index contributed by atoms with van der Waals surface area (Å²) in [6, 6.07) is 5.05. The fourth-order valence-electron chi connectivity index (χ4n) is 1.78. The Balaban J connectivity index is 2.41. The molecule has 1 rings (SSSR count). The number of hydrogen-bond acceptors (Lipinski definition) is 4. The van der Waals surface area contributed by atoms with Gasteiger partial charge in [0.2, 0.25) is 0 Å². The normalized spacial score (nSPS) is 11.7. The first-order valence-corrected chi connectivity index (χ1v) is 6.52. The zero-order valence-electron chi connectivity index (χ0n) is 11.4. The predicted octanol–water partition coefficient (Wildman–Crippen LogP) is 0.697.